The molecule has 17 heavy (non-hydrogen) atoms. The molecule has 0 bridgehead atoms. The fraction of sp³-hybridized carbons (Fsp3) is 0.333. The average Bonchev–Trinajstić information content (AvgIpc) is 2.73. The lowest BCUT2D eigenvalue weighted by Crippen LogP contribution is -2.09. The van der Waals surface area contributed by atoms with Crippen molar-refractivity contribution in [1.82, 2.24) is 14.8 Å². The third kappa shape index (κ3) is 3.16. The molecule has 1 aromatic carbocycles. The molecule has 5 heteroatoms. The van der Waals surface area contributed by atoms with Gasteiger partial charge in [-0.05, 0) is 17.7 Å². The van der Waals surface area contributed by atoms with Crippen molar-refractivity contribution in [3.8, 4) is 0 Å². The summed E-state index contributed by atoms with van der Waals surface area (Å²) in [6.07, 6.45) is 2.49. The maximum Gasteiger partial charge on any atom is 0.138 e. The normalized spacial score (nSPS) is 12.6. The summed E-state index contributed by atoms with van der Waals surface area (Å²) < 4.78 is 2.93. The van der Waals surface area contributed by atoms with Crippen LogP contribution in [-0.4, -0.2) is 20.1 Å². The van der Waals surface area contributed by atoms with E-state index in [0.717, 1.165) is 22.0 Å². The Morgan fingerprint density at radius 1 is 1.29 bits per heavy atom. The van der Waals surface area contributed by atoms with E-state index in [2.05, 4.69) is 66.2 Å². The van der Waals surface area contributed by atoms with Crippen LogP contribution in [0.1, 0.15) is 17.3 Å². The van der Waals surface area contributed by atoms with Gasteiger partial charge in [-0.15, -0.1) is 0 Å². The number of benzene rings is 1. The van der Waals surface area contributed by atoms with Crippen LogP contribution in [0.15, 0.2) is 35.1 Å². The van der Waals surface area contributed by atoms with Gasteiger partial charge in [-0.25, -0.2) is 4.98 Å². The van der Waals surface area contributed by atoms with Crippen molar-refractivity contribution in [2.75, 3.05) is 5.33 Å². The smallest absolute Gasteiger partial charge is 0.138 e. The summed E-state index contributed by atoms with van der Waals surface area (Å²) in [7, 11) is 1.93. The molecule has 1 unspecified atom stereocenters. The molecule has 0 amide bonds. The SMILES string of the molecule is Cn1ncnc1CC(CBr)c1ccc(Br)cc1. The fourth-order valence-corrected chi connectivity index (χ4v) is 2.59. The molecule has 0 saturated heterocycles. The van der Waals surface area contributed by atoms with Crippen molar-refractivity contribution in [2.45, 2.75) is 12.3 Å². The number of aromatic nitrogens is 3. The van der Waals surface area contributed by atoms with Crippen LogP contribution in [-0.2, 0) is 13.5 Å². The highest BCUT2D eigenvalue weighted by Crippen LogP contribution is 2.23. The first kappa shape index (κ1) is 12.8. The largest absolute Gasteiger partial charge is 0.253 e. The molecular formula is C12H13Br2N3. The van der Waals surface area contributed by atoms with Crippen molar-refractivity contribution in [3.05, 3.63) is 46.5 Å². The van der Waals surface area contributed by atoms with Crippen LogP contribution >= 0.6 is 31.9 Å². The predicted octanol–water partition coefficient (Wildman–Crippen LogP) is 3.30. The van der Waals surface area contributed by atoms with Crippen molar-refractivity contribution in [2.24, 2.45) is 7.05 Å². The molecule has 0 aliphatic heterocycles. The number of rotatable bonds is 4. The molecule has 0 radical (unpaired) electrons. The van der Waals surface area contributed by atoms with E-state index in [1.807, 2.05) is 11.7 Å². The zero-order valence-electron chi connectivity index (χ0n) is 9.48. The summed E-state index contributed by atoms with van der Waals surface area (Å²) in [5, 5.41) is 5.01. The highest BCUT2D eigenvalue weighted by Gasteiger charge is 2.13. The minimum atomic E-state index is 0.422. The van der Waals surface area contributed by atoms with E-state index < -0.39 is 0 Å². The van der Waals surface area contributed by atoms with Crippen LogP contribution in [0.25, 0.3) is 0 Å². The first-order chi connectivity index (χ1) is 8.20. The van der Waals surface area contributed by atoms with Crippen LogP contribution in [0, 0.1) is 0 Å². The molecular weight excluding hydrogens is 346 g/mol. The van der Waals surface area contributed by atoms with Gasteiger partial charge in [0.05, 0.1) is 0 Å². The van der Waals surface area contributed by atoms with Gasteiger partial charge in [-0.1, -0.05) is 44.0 Å². The minimum Gasteiger partial charge on any atom is -0.253 e. The summed E-state index contributed by atoms with van der Waals surface area (Å²) in [6, 6.07) is 8.43. The van der Waals surface area contributed by atoms with Gasteiger partial charge in [0, 0.05) is 29.2 Å². The molecule has 1 atom stereocenters. The lowest BCUT2D eigenvalue weighted by atomic mass is 9.97. The third-order valence-electron chi connectivity index (χ3n) is 2.76. The molecule has 0 spiro atoms. The van der Waals surface area contributed by atoms with E-state index >= 15 is 0 Å². The summed E-state index contributed by atoms with van der Waals surface area (Å²) in [6.45, 7) is 0. The summed E-state index contributed by atoms with van der Waals surface area (Å²) in [4.78, 5) is 4.27. The standard InChI is InChI=1S/C12H13Br2N3/c1-17-12(15-8-16-17)6-10(7-13)9-2-4-11(14)5-3-9/h2-5,8,10H,6-7H2,1H3. The highest BCUT2D eigenvalue weighted by molar-refractivity contribution is 9.10. The first-order valence-corrected chi connectivity index (χ1v) is 7.26. The molecule has 0 N–H and O–H groups in total. The van der Waals surface area contributed by atoms with E-state index in [-0.39, 0.29) is 0 Å². The second kappa shape index (κ2) is 5.78. The van der Waals surface area contributed by atoms with E-state index in [1.54, 1.807) is 6.33 Å². The highest BCUT2D eigenvalue weighted by atomic mass is 79.9. The molecule has 0 fully saturated rings. The quantitative estimate of drug-likeness (QED) is 0.785. The molecule has 2 rings (SSSR count). The number of nitrogens with zero attached hydrogens (tertiary/aromatic N) is 3. The number of aryl methyl sites for hydroxylation is 1. The second-order valence-corrected chi connectivity index (χ2v) is 5.47. The monoisotopic (exact) mass is 357 g/mol. The van der Waals surface area contributed by atoms with E-state index in [1.165, 1.54) is 5.56 Å². The van der Waals surface area contributed by atoms with Gasteiger partial charge in [0.15, 0.2) is 0 Å². The van der Waals surface area contributed by atoms with Crippen LogP contribution < -0.4 is 0 Å². The van der Waals surface area contributed by atoms with Crippen LogP contribution in [0.5, 0.6) is 0 Å². The average molecular weight is 359 g/mol. The Bertz CT molecular complexity index is 479. The molecule has 90 valence electrons. The Labute approximate surface area is 118 Å². The van der Waals surface area contributed by atoms with Gasteiger partial charge in [-0.2, -0.15) is 5.10 Å². The molecule has 0 aliphatic rings. The maximum absolute atomic E-state index is 4.27. The van der Waals surface area contributed by atoms with Crippen molar-refractivity contribution < 1.29 is 0 Å². The summed E-state index contributed by atoms with van der Waals surface area (Å²) in [5.74, 6) is 1.43. The number of hydrogen-bond acceptors (Lipinski definition) is 2. The lowest BCUT2D eigenvalue weighted by molar-refractivity contribution is 0.651. The minimum absolute atomic E-state index is 0.422. The molecule has 0 aliphatic carbocycles. The van der Waals surface area contributed by atoms with Crippen LogP contribution in [0.2, 0.25) is 0 Å². The Morgan fingerprint density at radius 2 is 2.00 bits per heavy atom. The van der Waals surface area contributed by atoms with Crippen molar-refractivity contribution >= 4 is 31.9 Å². The van der Waals surface area contributed by atoms with Crippen LogP contribution in [0.4, 0.5) is 0 Å². The zero-order chi connectivity index (χ0) is 12.3. The third-order valence-corrected chi connectivity index (χ3v) is 4.07. The lowest BCUT2D eigenvalue weighted by Gasteiger charge is -2.13. The van der Waals surface area contributed by atoms with Gasteiger partial charge in [0.2, 0.25) is 0 Å². The molecule has 0 saturated carbocycles. The number of alkyl halides is 1. The predicted molar refractivity (Wildman–Crippen MR) is 75.4 cm³/mol. The fourth-order valence-electron chi connectivity index (χ4n) is 1.72. The van der Waals surface area contributed by atoms with Crippen LogP contribution in [0.3, 0.4) is 0 Å². The Kier molecular flexibility index (Phi) is 4.34. The second-order valence-electron chi connectivity index (χ2n) is 3.91. The van der Waals surface area contributed by atoms with Gasteiger partial charge in [-0.3, -0.25) is 4.68 Å². The number of halogens is 2. The van der Waals surface area contributed by atoms with Gasteiger partial charge in [0.25, 0.3) is 0 Å². The Balaban J connectivity index is 2.17. The Morgan fingerprint density at radius 3 is 2.53 bits per heavy atom. The van der Waals surface area contributed by atoms with Gasteiger partial charge in [0.1, 0.15) is 12.2 Å². The van der Waals surface area contributed by atoms with E-state index in [9.17, 15) is 0 Å². The van der Waals surface area contributed by atoms with E-state index in [4.69, 9.17) is 0 Å². The first-order valence-electron chi connectivity index (χ1n) is 5.35. The summed E-state index contributed by atoms with van der Waals surface area (Å²) >= 11 is 7.02. The summed E-state index contributed by atoms with van der Waals surface area (Å²) in [5.41, 5.74) is 1.31. The molecule has 1 heterocycles. The molecule has 2 aromatic rings. The van der Waals surface area contributed by atoms with Crippen molar-refractivity contribution in [1.29, 1.82) is 0 Å². The molecule has 3 nitrogen and oxygen atoms in total. The maximum atomic E-state index is 4.27. The number of hydrogen-bond donors (Lipinski definition) is 0. The van der Waals surface area contributed by atoms with E-state index in [0.29, 0.717) is 5.92 Å². The topological polar surface area (TPSA) is 30.7 Å². The zero-order valence-corrected chi connectivity index (χ0v) is 12.6. The van der Waals surface area contributed by atoms with Crippen molar-refractivity contribution in [3.63, 3.8) is 0 Å². The van der Waals surface area contributed by atoms with Gasteiger partial charge >= 0.3 is 0 Å². The Hall–Kier alpha value is -0.680. The van der Waals surface area contributed by atoms with Gasteiger partial charge < -0.3 is 0 Å². The molecule has 1 aromatic heterocycles.